The zero-order valence-electron chi connectivity index (χ0n) is 9.54. The zero-order chi connectivity index (χ0) is 10.7. The number of aliphatic hydroxyl groups excluding tert-OH is 1. The van der Waals surface area contributed by atoms with Crippen LogP contribution in [-0.4, -0.2) is 30.3 Å². The summed E-state index contributed by atoms with van der Waals surface area (Å²) in [4.78, 5) is 0. The Balaban J connectivity index is 1.76. The Morgan fingerprint density at radius 2 is 2.00 bits per heavy atom. The largest absolute Gasteiger partial charge is 0.396 e. The second kappa shape index (κ2) is 4.81. The monoisotopic (exact) mass is 212 g/mol. The molecule has 0 radical (unpaired) electrons. The molecule has 2 saturated carbocycles. The normalized spacial score (nSPS) is 34.8. The van der Waals surface area contributed by atoms with Crippen molar-refractivity contribution in [3.05, 3.63) is 0 Å². The molecule has 3 heteroatoms. The molecule has 2 aliphatic rings. The summed E-state index contributed by atoms with van der Waals surface area (Å²) in [6, 6.07) is 1.00. The fraction of sp³-hybridized carbons (Fsp3) is 1.00. The Morgan fingerprint density at radius 3 is 2.53 bits per heavy atom. The van der Waals surface area contributed by atoms with Gasteiger partial charge in [-0.2, -0.15) is 0 Å². The van der Waals surface area contributed by atoms with Crippen LogP contribution in [0.1, 0.15) is 44.9 Å². The average molecular weight is 212 g/mol. The van der Waals surface area contributed by atoms with E-state index in [-0.39, 0.29) is 5.41 Å². The molecule has 0 saturated heterocycles. The predicted molar refractivity (Wildman–Crippen MR) is 61.6 cm³/mol. The molecule has 0 aromatic carbocycles. The molecule has 3 nitrogen and oxygen atoms in total. The number of rotatable bonds is 4. The van der Waals surface area contributed by atoms with Crippen molar-refractivity contribution in [2.75, 3.05) is 13.2 Å². The highest BCUT2D eigenvalue weighted by Gasteiger charge is 2.34. The lowest BCUT2D eigenvalue weighted by Gasteiger charge is -2.28. The van der Waals surface area contributed by atoms with E-state index in [9.17, 15) is 5.11 Å². The van der Waals surface area contributed by atoms with Crippen LogP contribution in [0.2, 0.25) is 0 Å². The topological polar surface area (TPSA) is 58.3 Å². The molecule has 2 aliphatic carbocycles. The maximum Gasteiger partial charge on any atom is 0.0499 e. The van der Waals surface area contributed by atoms with Crippen LogP contribution in [0, 0.1) is 5.41 Å². The van der Waals surface area contributed by atoms with Crippen molar-refractivity contribution in [1.82, 2.24) is 5.32 Å². The van der Waals surface area contributed by atoms with E-state index in [1.807, 2.05) is 0 Å². The Kier molecular flexibility index (Phi) is 3.65. The highest BCUT2D eigenvalue weighted by molar-refractivity contribution is 4.89. The Hall–Kier alpha value is -0.120. The van der Waals surface area contributed by atoms with Crippen molar-refractivity contribution in [2.24, 2.45) is 11.1 Å². The number of nitrogens with two attached hydrogens (primary N) is 1. The quantitative estimate of drug-likeness (QED) is 0.652. The van der Waals surface area contributed by atoms with Gasteiger partial charge in [0.2, 0.25) is 0 Å². The first-order valence-electron chi connectivity index (χ1n) is 6.34. The molecular weight excluding hydrogens is 188 g/mol. The second-order valence-corrected chi connectivity index (χ2v) is 5.52. The molecule has 0 spiro atoms. The lowest BCUT2D eigenvalue weighted by atomic mass is 9.87. The molecule has 2 rings (SSSR count). The minimum atomic E-state index is 0.187. The van der Waals surface area contributed by atoms with Crippen molar-refractivity contribution in [3.63, 3.8) is 0 Å². The van der Waals surface area contributed by atoms with Crippen molar-refractivity contribution < 1.29 is 5.11 Å². The summed E-state index contributed by atoms with van der Waals surface area (Å²) in [7, 11) is 0. The lowest BCUT2D eigenvalue weighted by Crippen LogP contribution is -2.40. The van der Waals surface area contributed by atoms with Crippen LogP contribution in [0.4, 0.5) is 0 Å². The fourth-order valence-electron chi connectivity index (χ4n) is 3.08. The zero-order valence-corrected chi connectivity index (χ0v) is 9.54. The van der Waals surface area contributed by atoms with Crippen LogP contribution in [0.15, 0.2) is 0 Å². The van der Waals surface area contributed by atoms with E-state index in [0.717, 1.165) is 19.4 Å². The summed E-state index contributed by atoms with van der Waals surface area (Å²) in [6.45, 7) is 1.33. The van der Waals surface area contributed by atoms with Crippen LogP contribution in [-0.2, 0) is 0 Å². The van der Waals surface area contributed by atoms with Crippen molar-refractivity contribution >= 4 is 0 Å². The minimum absolute atomic E-state index is 0.187. The average Bonchev–Trinajstić information content (AvgIpc) is 2.85. The molecule has 0 aromatic rings. The van der Waals surface area contributed by atoms with E-state index in [2.05, 4.69) is 5.32 Å². The fourth-order valence-corrected chi connectivity index (χ4v) is 3.08. The van der Waals surface area contributed by atoms with Gasteiger partial charge in [0, 0.05) is 30.7 Å². The van der Waals surface area contributed by atoms with Gasteiger partial charge in [0.05, 0.1) is 0 Å². The smallest absolute Gasteiger partial charge is 0.0499 e. The first kappa shape index (κ1) is 11.4. The predicted octanol–water partition coefficient (Wildman–Crippen LogP) is 1.01. The van der Waals surface area contributed by atoms with Crippen LogP contribution in [0.5, 0.6) is 0 Å². The number of hydrogen-bond acceptors (Lipinski definition) is 3. The SMILES string of the molecule is NC1CCC(NCC2(CO)CCCC2)C1. The van der Waals surface area contributed by atoms with E-state index < -0.39 is 0 Å². The molecular formula is C12H24N2O. The highest BCUT2D eigenvalue weighted by Crippen LogP contribution is 2.37. The van der Waals surface area contributed by atoms with E-state index in [4.69, 9.17) is 5.73 Å². The lowest BCUT2D eigenvalue weighted by molar-refractivity contribution is 0.125. The van der Waals surface area contributed by atoms with Crippen LogP contribution < -0.4 is 11.1 Å². The minimum Gasteiger partial charge on any atom is -0.396 e. The van der Waals surface area contributed by atoms with Gasteiger partial charge in [-0.1, -0.05) is 12.8 Å². The standard InChI is InChI=1S/C12H24N2O/c13-10-3-4-11(7-10)14-8-12(9-15)5-1-2-6-12/h10-11,14-15H,1-9,13H2. The summed E-state index contributed by atoms with van der Waals surface area (Å²) in [6.07, 6.45) is 8.43. The molecule has 15 heavy (non-hydrogen) atoms. The third-order valence-corrected chi connectivity index (χ3v) is 4.24. The third-order valence-electron chi connectivity index (χ3n) is 4.24. The second-order valence-electron chi connectivity index (χ2n) is 5.52. The van der Waals surface area contributed by atoms with E-state index in [1.165, 1.54) is 32.1 Å². The molecule has 0 aliphatic heterocycles. The first-order valence-corrected chi connectivity index (χ1v) is 6.34. The van der Waals surface area contributed by atoms with Gasteiger partial charge in [0.15, 0.2) is 0 Å². The number of aliphatic hydroxyl groups is 1. The molecule has 0 bridgehead atoms. The molecule has 2 atom stereocenters. The van der Waals surface area contributed by atoms with E-state index >= 15 is 0 Å². The molecule has 4 N–H and O–H groups in total. The first-order chi connectivity index (χ1) is 7.24. The van der Waals surface area contributed by atoms with Crippen LogP contribution in [0.3, 0.4) is 0 Å². The maximum atomic E-state index is 9.48. The van der Waals surface area contributed by atoms with Gasteiger partial charge < -0.3 is 16.2 Å². The Morgan fingerprint density at radius 1 is 1.27 bits per heavy atom. The van der Waals surface area contributed by atoms with Crippen LogP contribution in [0.25, 0.3) is 0 Å². The van der Waals surface area contributed by atoms with Gasteiger partial charge in [-0.25, -0.2) is 0 Å². The summed E-state index contributed by atoms with van der Waals surface area (Å²) in [5, 5.41) is 13.1. The van der Waals surface area contributed by atoms with Gasteiger partial charge >= 0.3 is 0 Å². The molecule has 0 heterocycles. The van der Waals surface area contributed by atoms with E-state index in [0.29, 0.717) is 18.7 Å². The molecule has 2 fully saturated rings. The van der Waals surface area contributed by atoms with Gasteiger partial charge in [-0.15, -0.1) is 0 Å². The van der Waals surface area contributed by atoms with Crippen molar-refractivity contribution in [1.29, 1.82) is 0 Å². The number of nitrogens with one attached hydrogen (secondary N) is 1. The van der Waals surface area contributed by atoms with Crippen LogP contribution >= 0.6 is 0 Å². The van der Waals surface area contributed by atoms with Gasteiger partial charge in [-0.05, 0) is 32.1 Å². The van der Waals surface area contributed by atoms with E-state index in [1.54, 1.807) is 0 Å². The summed E-state index contributed by atoms with van der Waals surface area (Å²) in [5.74, 6) is 0. The highest BCUT2D eigenvalue weighted by atomic mass is 16.3. The molecule has 0 aromatic heterocycles. The third kappa shape index (κ3) is 2.71. The Bertz CT molecular complexity index is 202. The van der Waals surface area contributed by atoms with Gasteiger partial charge in [0.1, 0.15) is 0 Å². The molecule has 88 valence electrons. The molecule has 0 amide bonds. The Labute approximate surface area is 92.4 Å². The summed E-state index contributed by atoms with van der Waals surface area (Å²) in [5.41, 5.74) is 6.07. The number of hydrogen-bond donors (Lipinski definition) is 3. The summed E-state index contributed by atoms with van der Waals surface area (Å²) >= 11 is 0. The van der Waals surface area contributed by atoms with Crippen molar-refractivity contribution in [3.8, 4) is 0 Å². The summed E-state index contributed by atoms with van der Waals surface area (Å²) < 4.78 is 0. The van der Waals surface area contributed by atoms with Gasteiger partial charge in [-0.3, -0.25) is 0 Å². The van der Waals surface area contributed by atoms with Gasteiger partial charge in [0.25, 0.3) is 0 Å². The van der Waals surface area contributed by atoms with Crippen molar-refractivity contribution in [2.45, 2.75) is 57.0 Å². The molecule has 2 unspecified atom stereocenters. The maximum absolute atomic E-state index is 9.48.